The minimum absolute atomic E-state index is 0.255. The molecule has 7 nitrogen and oxygen atoms in total. The predicted octanol–water partition coefficient (Wildman–Crippen LogP) is 1.68. The van der Waals surface area contributed by atoms with Gasteiger partial charge in [0.1, 0.15) is 11.7 Å². The minimum atomic E-state index is -0.355. The first kappa shape index (κ1) is 15.0. The fraction of sp³-hybridized carbons (Fsp3) is 0.250. The highest BCUT2D eigenvalue weighted by atomic mass is 16.2. The lowest BCUT2D eigenvalue weighted by Crippen LogP contribution is -2.32. The van der Waals surface area contributed by atoms with E-state index in [1.165, 1.54) is 18.1 Å². The van der Waals surface area contributed by atoms with E-state index in [2.05, 4.69) is 15.5 Å². The van der Waals surface area contributed by atoms with Gasteiger partial charge in [0.05, 0.1) is 11.9 Å². The molecule has 0 aliphatic rings. The topological polar surface area (TPSA) is 81.8 Å². The second-order valence-electron chi connectivity index (χ2n) is 5.37. The van der Waals surface area contributed by atoms with Crippen molar-refractivity contribution in [1.29, 1.82) is 0 Å². The zero-order valence-corrected chi connectivity index (χ0v) is 13.2. The molecule has 0 saturated heterocycles. The van der Waals surface area contributed by atoms with Gasteiger partial charge in [-0.2, -0.15) is 5.10 Å². The van der Waals surface area contributed by atoms with Gasteiger partial charge in [0.25, 0.3) is 5.56 Å². The van der Waals surface area contributed by atoms with E-state index in [1.54, 1.807) is 11.6 Å². The molecule has 2 aromatic heterocycles. The highest BCUT2D eigenvalue weighted by Crippen LogP contribution is 2.16. The Morgan fingerprint density at radius 1 is 1.26 bits per heavy atom. The van der Waals surface area contributed by atoms with Crippen LogP contribution in [0, 0.1) is 13.8 Å². The van der Waals surface area contributed by atoms with Crippen molar-refractivity contribution >= 4 is 16.9 Å². The van der Waals surface area contributed by atoms with Crippen molar-refractivity contribution in [2.24, 2.45) is 0 Å². The molecule has 2 heterocycles. The molecule has 23 heavy (non-hydrogen) atoms. The molecule has 0 aliphatic heterocycles. The van der Waals surface area contributed by atoms with Gasteiger partial charge in [0.2, 0.25) is 5.91 Å². The van der Waals surface area contributed by atoms with Crippen molar-refractivity contribution in [2.45, 2.75) is 27.2 Å². The molecular weight excluding hydrogens is 294 g/mol. The van der Waals surface area contributed by atoms with Crippen LogP contribution in [0.4, 0.5) is 0 Å². The standard InChI is InChI=1S/C16H17N5O2/c1-4-14(22)19-20-9-17-15-13(16(20)23)8-18-21(15)12-6-5-10(2)11(3)7-12/h5-9H,4H2,1-3H3,(H,19,22). The fourth-order valence-corrected chi connectivity index (χ4v) is 2.25. The van der Waals surface area contributed by atoms with Gasteiger partial charge < -0.3 is 0 Å². The molecule has 0 bridgehead atoms. The molecule has 0 saturated carbocycles. The van der Waals surface area contributed by atoms with Gasteiger partial charge in [-0.05, 0) is 37.1 Å². The van der Waals surface area contributed by atoms with Crippen molar-refractivity contribution in [3.8, 4) is 5.69 Å². The number of nitrogens with zero attached hydrogens (tertiary/aromatic N) is 4. The van der Waals surface area contributed by atoms with E-state index in [0.29, 0.717) is 11.0 Å². The lowest BCUT2D eigenvalue weighted by atomic mass is 10.1. The van der Waals surface area contributed by atoms with Crippen LogP contribution in [-0.4, -0.2) is 25.3 Å². The number of benzene rings is 1. The average Bonchev–Trinajstić information content (AvgIpc) is 2.97. The number of nitrogens with one attached hydrogen (secondary N) is 1. The summed E-state index contributed by atoms with van der Waals surface area (Å²) in [6, 6.07) is 5.93. The molecular formula is C16H17N5O2. The third kappa shape index (κ3) is 2.61. The molecule has 3 rings (SSSR count). The van der Waals surface area contributed by atoms with Gasteiger partial charge >= 0.3 is 0 Å². The number of hydrogen-bond acceptors (Lipinski definition) is 4. The molecule has 0 radical (unpaired) electrons. The second kappa shape index (κ2) is 5.68. The van der Waals surface area contributed by atoms with Gasteiger partial charge in [0.15, 0.2) is 5.65 Å². The van der Waals surface area contributed by atoms with Crippen molar-refractivity contribution in [2.75, 3.05) is 5.43 Å². The van der Waals surface area contributed by atoms with Gasteiger partial charge in [-0.1, -0.05) is 13.0 Å². The fourth-order valence-electron chi connectivity index (χ4n) is 2.25. The van der Waals surface area contributed by atoms with Crippen LogP contribution in [0.15, 0.2) is 35.5 Å². The number of fused-ring (bicyclic) bond motifs is 1. The summed E-state index contributed by atoms with van der Waals surface area (Å²) >= 11 is 0. The molecule has 0 fully saturated rings. The highest BCUT2D eigenvalue weighted by Gasteiger charge is 2.12. The summed E-state index contributed by atoms with van der Waals surface area (Å²) < 4.78 is 2.70. The van der Waals surface area contributed by atoms with Crippen LogP contribution in [-0.2, 0) is 4.79 Å². The van der Waals surface area contributed by atoms with Crippen LogP contribution in [0.5, 0.6) is 0 Å². The first-order valence-corrected chi connectivity index (χ1v) is 7.34. The zero-order valence-electron chi connectivity index (χ0n) is 13.2. The largest absolute Gasteiger partial charge is 0.283 e. The zero-order chi connectivity index (χ0) is 16.6. The van der Waals surface area contributed by atoms with Crippen molar-refractivity contribution < 1.29 is 4.79 Å². The number of amides is 1. The molecule has 1 aromatic carbocycles. The molecule has 7 heteroatoms. The second-order valence-corrected chi connectivity index (χ2v) is 5.37. The summed E-state index contributed by atoms with van der Waals surface area (Å²) in [5.74, 6) is -0.255. The summed E-state index contributed by atoms with van der Waals surface area (Å²) in [5, 5.41) is 4.61. The SMILES string of the molecule is CCC(=O)Nn1cnc2c(cnn2-c2ccc(C)c(C)c2)c1=O. The average molecular weight is 311 g/mol. The Bertz CT molecular complexity index is 955. The van der Waals surface area contributed by atoms with Crippen LogP contribution in [0.3, 0.4) is 0 Å². The maximum atomic E-state index is 12.4. The van der Waals surface area contributed by atoms with Gasteiger partial charge in [-0.15, -0.1) is 0 Å². The van der Waals surface area contributed by atoms with E-state index < -0.39 is 0 Å². The van der Waals surface area contributed by atoms with Gasteiger partial charge in [-0.25, -0.2) is 14.3 Å². The Kier molecular flexibility index (Phi) is 3.69. The molecule has 0 spiro atoms. The first-order valence-electron chi connectivity index (χ1n) is 7.34. The van der Waals surface area contributed by atoms with Crippen molar-refractivity contribution in [1.82, 2.24) is 19.4 Å². The lowest BCUT2D eigenvalue weighted by molar-refractivity contribution is -0.116. The molecule has 3 aromatic rings. The van der Waals surface area contributed by atoms with E-state index in [4.69, 9.17) is 0 Å². The maximum absolute atomic E-state index is 12.4. The van der Waals surface area contributed by atoms with E-state index in [1.807, 2.05) is 32.0 Å². The van der Waals surface area contributed by atoms with Crippen molar-refractivity contribution in [3.63, 3.8) is 0 Å². The summed E-state index contributed by atoms with van der Waals surface area (Å²) in [5.41, 5.74) is 5.74. The molecule has 0 unspecified atom stereocenters. The van der Waals surface area contributed by atoms with E-state index in [9.17, 15) is 9.59 Å². The molecule has 118 valence electrons. The number of aryl methyl sites for hydroxylation is 2. The number of aromatic nitrogens is 4. The predicted molar refractivity (Wildman–Crippen MR) is 87.3 cm³/mol. The summed E-state index contributed by atoms with van der Waals surface area (Å²) in [7, 11) is 0. The maximum Gasteiger partial charge on any atom is 0.283 e. The monoisotopic (exact) mass is 311 g/mol. The smallest absolute Gasteiger partial charge is 0.273 e. The normalized spacial score (nSPS) is 10.9. The molecule has 0 atom stereocenters. The van der Waals surface area contributed by atoms with E-state index in [0.717, 1.165) is 15.9 Å². The summed E-state index contributed by atoms with van der Waals surface area (Å²) in [6.07, 6.45) is 3.05. The Balaban J connectivity index is 2.11. The Morgan fingerprint density at radius 3 is 2.74 bits per heavy atom. The van der Waals surface area contributed by atoms with Crippen LogP contribution in [0.25, 0.3) is 16.7 Å². The molecule has 0 aliphatic carbocycles. The van der Waals surface area contributed by atoms with Crippen LogP contribution >= 0.6 is 0 Å². The first-order chi connectivity index (χ1) is 11.0. The number of carbonyl (C=O) groups is 1. The Labute approximate surface area is 132 Å². The number of rotatable bonds is 3. The summed E-state index contributed by atoms with van der Waals surface area (Å²) in [6.45, 7) is 5.77. The third-order valence-electron chi connectivity index (χ3n) is 3.79. The quantitative estimate of drug-likeness (QED) is 0.798. The Morgan fingerprint density at radius 2 is 2.04 bits per heavy atom. The number of hydrogen-bond donors (Lipinski definition) is 1. The lowest BCUT2D eigenvalue weighted by Gasteiger charge is -2.08. The minimum Gasteiger partial charge on any atom is -0.273 e. The Hall–Kier alpha value is -2.96. The number of carbonyl (C=O) groups excluding carboxylic acids is 1. The summed E-state index contributed by atoms with van der Waals surface area (Å²) in [4.78, 5) is 28.1. The highest BCUT2D eigenvalue weighted by molar-refractivity contribution is 5.83. The van der Waals surface area contributed by atoms with Gasteiger partial charge in [-0.3, -0.25) is 15.0 Å². The van der Waals surface area contributed by atoms with E-state index in [-0.39, 0.29) is 17.9 Å². The molecule has 1 amide bonds. The molecule has 1 N–H and O–H groups in total. The van der Waals surface area contributed by atoms with Crippen molar-refractivity contribution in [3.05, 3.63) is 52.2 Å². The van der Waals surface area contributed by atoms with Crippen LogP contribution in [0.2, 0.25) is 0 Å². The van der Waals surface area contributed by atoms with Crippen LogP contribution < -0.4 is 11.0 Å². The third-order valence-corrected chi connectivity index (χ3v) is 3.79. The van der Waals surface area contributed by atoms with E-state index >= 15 is 0 Å². The van der Waals surface area contributed by atoms with Gasteiger partial charge in [0, 0.05) is 6.42 Å². The van der Waals surface area contributed by atoms with Crippen LogP contribution in [0.1, 0.15) is 24.5 Å².